The number of amides is 1. The van der Waals surface area contributed by atoms with E-state index in [0.717, 1.165) is 49.2 Å². The molecule has 1 saturated heterocycles. The molecule has 7 heteroatoms. The second-order valence-electron chi connectivity index (χ2n) is 9.16. The molecule has 1 atom stereocenters. The number of rotatable bonds is 6. The van der Waals surface area contributed by atoms with E-state index in [1.165, 1.54) is 0 Å². The van der Waals surface area contributed by atoms with Gasteiger partial charge in [-0.05, 0) is 60.6 Å². The molecule has 3 aromatic rings. The normalized spacial score (nSPS) is 18.2. The minimum atomic E-state index is -0.314. The van der Waals surface area contributed by atoms with Crippen molar-refractivity contribution in [1.82, 2.24) is 19.7 Å². The lowest BCUT2D eigenvalue weighted by atomic mass is 10.0. The van der Waals surface area contributed by atoms with Crippen LogP contribution in [0.3, 0.4) is 0 Å². The number of benzene rings is 2. The molecule has 2 heterocycles. The van der Waals surface area contributed by atoms with Crippen LogP contribution in [0.15, 0.2) is 48.8 Å². The second-order valence-corrected chi connectivity index (χ2v) is 9.16. The molecule has 1 saturated carbocycles. The fourth-order valence-corrected chi connectivity index (χ4v) is 4.47. The molecule has 0 radical (unpaired) electrons. The maximum atomic E-state index is 15.1. The molecule has 0 N–H and O–H groups in total. The van der Waals surface area contributed by atoms with Crippen LogP contribution in [-0.2, 0) is 11.3 Å². The van der Waals surface area contributed by atoms with Crippen LogP contribution >= 0.6 is 0 Å². The number of hydrogen-bond donors (Lipinski definition) is 0. The Morgan fingerprint density at radius 3 is 2.53 bits per heavy atom. The zero-order valence-electron chi connectivity index (χ0n) is 18.5. The maximum Gasteiger partial charge on any atom is 0.225 e. The zero-order chi connectivity index (χ0) is 22.2. The van der Waals surface area contributed by atoms with Crippen LogP contribution in [0.1, 0.15) is 19.3 Å². The Bertz CT molecular complexity index is 1120. The number of aromatic nitrogens is 3. The van der Waals surface area contributed by atoms with Gasteiger partial charge in [-0.2, -0.15) is 0 Å². The second kappa shape index (κ2) is 8.37. The van der Waals surface area contributed by atoms with E-state index in [2.05, 4.69) is 10.2 Å². The van der Waals surface area contributed by atoms with Gasteiger partial charge in [0.25, 0.3) is 0 Å². The number of hydrogen-bond acceptors (Lipinski definition) is 4. The number of likely N-dealkylation sites (tertiary alicyclic amines) is 1. The Labute approximate surface area is 187 Å². The first kappa shape index (κ1) is 20.7. The molecule has 5 rings (SSSR count). The molecule has 2 aliphatic rings. The van der Waals surface area contributed by atoms with Crippen LogP contribution in [0, 0.1) is 17.7 Å². The Morgan fingerprint density at radius 2 is 1.84 bits per heavy atom. The van der Waals surface area contributed by atoms with Crippen molar-refractivity contribution in [2.75, 3.05) is 32.1 Å². The summed E-state index contributed by atoms with van der Waals surface area (Å²) in [6.45, 7) is 2.26. The van der Waals surface area contributed by atoms with Gasteiger partial charge in [-0.25, -0.2) is 4.39 Å². The van der Waals surface area contributed by atoms with Crippen molar-refractivity contribution in [3.63, 3.8) is 0 Å². The largest absolute Gasteiger partial charge is 0.378 e. The Balaban J connectivity index is 1.31. The zero-order valence-corrected chi connectivity index (χ0v) is 18.5. The van der Waals surface area contributed by atoms with Crippen LogP contribution in [0.25, 0.3) is 22.5 Å². The number of carbonyl (C=O) groups is 1. The fourth-order valence-electron chi connectivity index (χ4n) is 4.47. The first-order valence-corrected chi connectivity index (χ1v) is 11.2. The molecule has 1 aliphatic carbocycles. The van der Waals surface area contributed by atoms with E-state index in [1.807, 2.05) is 58.8 Å². The minimum absolute atomic E-state index is 0.255. The number of anilines is 1. The highest BCUT2D eigenvalue weighted by atomic mass is 19.1. The molecule has 6 nitrogen and oxygen atoms in total. The fraction of sp³-hybridized carbons (Fsp3) is 0.400. The van der Waals surface area contributed by atoms with Crippen molar-refractivity contribution in [3.05, 3.63) is 54.6 Å². The van der Waals surface area contributed by atoms with Gasteiger partial charge in [0.05, 0.1) is 5.56 Å². The molecular weight excluding hydrogens is 405 g/mol. The number of nitrogens with zero attached hydrogens (tertiary/aromatic N) is 5. The van der Waals surface area contributed by atoms with E-state index in [4.69, 9.17) is 0 Å². The van der Waals surface area contributed by atoms with E-state index in [0.29, 0.717) is 29.8 Å². The van der Waals surface area contributed by atoms with Crippen LogP contribution in [0.5, 0.6) is 0 Å². The van der Waals surface area contributed by atoms with Gasteiger partial charge in [-0.3, -0.25) is 4.79 Å². The summed E-state index contributed by atoms with van der Waals surface area (Å²) in [5.41, 5.74) is 3.34. The summed E-state index contributed by atoms with van der Waals surface area (Å²) in [4.78, 5) is 16.4. The Kier molecular flexibility index (Phi) is 5.41. The molecule has 0 bridgehead atoms. The standard InChI is InChI=1S/C25H28FN5O/c1-29(2)21-8-5-18(6-9-21)20-7-10-22(23(26)13-20)24-28-27-16-31(24)15-17-11-12-30(14-17)25(32)19-3-4-19/h5-10,13,16-17,19H,3-4,11-12,14-15H2,1-2H3/t17-/m1/s1. The number of carbonyl (C=O) groups excluding carboxylic acids is 1. The van der Waals surface area contributed by atoms with E-state index in [1.54, 1.807) is 18.5 Å². The average Bonchev–Trinajstić information content (AvgIpc) is 3.38. The molecule has 0 unspecified atom stereocenters. The quantitative estimate of drug-likeness (QED) is 0.588. The molecule has 0 spiro atoms. The van der Waals surface area contributed by atoms with Gasteiger partial charge in [0.1, 0.15) is 12.1 Å². The van der Waals surface area contributed by atoms with E-state index in [-0.39, 0.29) is 11.7 Å². The van der Waals surface area contributed by atoms with Crippen LogP contribution in [0.4, 0.5) is 10.1 Å². The molecule has 1 aromatic heterocycles. The molecule has 1 amide bonds. The van der Waals surface area contributed by atoms with Gasteiger partial charge >= 0.3 is 0 Å². The highest BCUT2D eigenvalue weighted by Gasteiger charge is 2.36. The summed E-state index contributed by atoms with van der Waals surface area (Å²) in [6, 6.07) is 13.3. The van der Waals surface area contributed by atoms with Crippen molar-refractivity contribution < 1.29 is 9.18 Å². The topological polar surface area (TPSA) is 54.3 Å². The molecular formula is C25H28FN5O. The number of halogens is 1. The predicted octanol–water partition coefficient (Wildman–Crippen LogP) is 4.08. The predicted molar refractivity (Wildman–Crippen MR) is 123 cm³/mol. The third kappa shape index (κ3) is 4.11. The summed E-state index contributed by atoms with van der Waals surface area (Å²) in [5.74, 6) is 1.11. The third-order valence-electron chi connectivity index (χ3n) is 6.52. The summed E-state index contributed by atoms with van der Waals surface area (Å²) in [6.07, 6.45) is 4.68. The van der Waals surface area contributed by atoms with Crippen molar-refractivity contribution in [2.45, 2.75) is 25.8 Å². The summed E-state index contributed by atoms with van der Waals surface area (Å²) < 4.78 is 17.0. The van der Waals surface area contributed by atoms with Crippen LogP contribution in [-0.4, -0.2) is 52.8 Å². The van der Waals surface area contributed by atoms with Crippen molar-refractivity contribution in [2.24, 2.45) is 11.8 Å². The van der Waals surface area contributed by atoms with E-state index < -0.39 is 0 Å². The summed E-state index contributed by atoms with van der Waals surface area (Å²) >= 11 is 0. The summed E-state index contributed by atoms with van der Waals surface area (Å²) in [5, 5.41) is 8.24. The van der Waals surface area contributed by atoms with Crippen molar-refractivity contribution >= 4 is 11.6 Å². The first-order valence-electron chi connectivity index (χ1n) is 11.2. The van der Waals surface area contributed by atoms with E-state index in [9.17, 15) is 4.79 Å². The summed E-state index contributed by atoms with van der Waals surface area (Å²) in [7, 11) is 3.99. The van der Waals surface area contributed by atoms with Gasteiger partial charge in [0.2, 0.25) is 5.91 Å². The molecule has 2 fully saturated rings. The van der Waals surface area contributed by atoms with Gasteiger partial charge in [-0.1, -0.05) is 18.2 Å². The van der Waals surface area contributed by atoms with E-state index >= 15 is 4.39 Å². The first-order chi connectivity index (χ1) is 15.5. The van der Waals surface area contributed by atoms with Gasteiger partial charge in [-0.15, -0.1) is 10.2 Å². The highest BCUT2D eigenvalue weighted by molar-refractivity contribution is 5.81. The lowest BCUT2D eigenvalue weighted by Crippen LogP contribution is -2.30. The van der Waals surface area contributed by atoms with Crippen molar-refractivity contribution in [1.29, 1.82) is 0 Å². The molecule has 32 heavy (non-hydrogen) atoms. The van der Waals surface area contributed by atoms with Crippen molar-refractivity contribution in [3.8, 4) is 22.5 Å². The Morgan fingerprint density at radius 1 is 1.09 bits per heavy atom. The average molecular weight is 434 g/mol. The van der Waals surface area contributed by atoms with Crippen LogP contribution in [0.2, 0.25) is 0 Å². The molecule has 166 valence electrons. The smallest absolute Gasteiger partial charge is 0.225 e. The van der Waals surface area contributed by atoms with Gasteiger partial charge in [0.15, 0.2) is 5.82 Å². The molecule has 1 aliphatic heterocycles. The third-order valence-corrected chi connectivity index (χ3v) is 6.52. The van der Waals surface area contributed by atoms with Crippen LogP contribution < -0.4 is 4.90 Å². The maximum absolute atomic E-state index is 15.1. The molecule has 2 aromatic carbocycles. The SMILES string of the molecule is CN(C)c1ccc(-c2ccc(-c3nncn3C[C@@H]3CCN(C(=O)C4CC4)C3)c(F)c2)cc1. The lowest BCUT2D eigenvalue weighted by Gasteiger charge is -2.17. The lowest BCUT2D eigenvalue weighted by molar-refractivity contribution is -0.131. The van der Waals surface area contributed by atoms with Gasteiger partial charge in [0, 0.05) is 45.3 Å². The Hall–Kier alpha value is -3.22. The minimum Gasteiger partial charge on any atom is -0.378 e. The highest BCUT2D eigenvalue weighted by Crippen LogP contribution is 2.33. The monoisotopic (exact) mass is 433 g/mol. The van der Waals surface area contributed by atoms with Gasteiger partial charge < -0.3 is 14.4 Å².